The standard InChI is InChI=1S/C17H24ClN3/c1-5-19-15(10-14-8-6-7-12(2)9-14)11-16-13(3)20-21(4)17(16)18/h6-9,15,19H,5,10-11H2,1-4H3. The lowest BCUT2D eigenvalue weighted by Crippen LogP contribution is -2.33. The molecule has 0 aliphatic rings. The highest BCUT2D eigenvalue weighted by molar-refractivity contribution is 6.30. The minimum absolute atomic E-state index is 0.372. The summed E-state index contributed by atoms with van der Waals surface area (Å²) in [7, 11) is 1.89. The summed E-state index contributed by atoms with van der Waals surface area (Å²) < 4.78 is 1.75. The molecule has 114 valence electrons. The highest BCUT2D eigenvalue weighted by Crippen LogP contribution is 2.21. The maximum absolute atomic E-state index is 6.36. The van der Waals surface area contributed by atoms with Gasteiger partial charge in [-0.1, -0.05) is 48.4 Å². The second-order valence-electron chi connectivity index (χ2n) is 5.63. The zero-order chi connectivity index (χ0) is 15.4. The Morgan fingerprint density at radius 2 is 2.05 bits per heavy atom. The Labute approximate surface area is 132 Å². The predicted octanol–water partition coefficient (Wildman–Crippen LogP) is 3.45. The Kier molecular flexibility index (Phi) is 5.43. The smallest absolute Gasteiger partial charge is 0.130 e. The maximum Gasteiger partial charge on any atom is 0.130 e. The van der Waals surface area contributed by atoms with Gasteiger partial charge in [0.05, 0.1) is 5.69 Å². The minimum atomic E-state index is 0.372. The zero-order valence-corrected chi connectivity index (χ0v) is 14.0. The average Bonchev–Trinajstić information content (AvgIpc) is 2.66. The van der Waals surface area contributed by atoms with Crippen molar-refractivity contribution in [2.45, 2.75) is 39.7 Å². The summed E-state index contributed by atoms with van der Waals surface area (Å²) >= 11 is 6.36. The van der Waals surface area contributed by atoms with E-state index in [9.17, 15) is 0 Å². The van der Waals surface area contributed by atoms with Crippen molar-refractivity contribution in [3.8, 4) is 0 Å². The fraction of sp³-hybridized carbons (Fsp3) is 0.471. The van der Waals surface area contributed by atoms with E-state index in [1.165, 1.54) is 11.1 Å². The lowest BCUT2D eigenvalue weighted by atomic mass is 9.98. The van der Waals surface area contributed by atoms with Crippen molar-refractivity contribution in [3.05, 3.63) is 51.8 Å². The van der Waals surface area contributed by atoms with Crippen LogP contribution in [0.3, 0.4) is 0 Å². The van der Waals surface area contributed by atoms with Crippen molar-refractivity contribution >= 4 is 11.6 Å². The van der Waals surface area contributed by atoms with Crippen LogP contribution < -0.4 is 5.32 Å². The van der Waals surface area contributed by atoms with Crippen molar-refractivity contribution in [1.29, 1.82) is 0 Å². The van der Waals surface area contributed by atoms with E-state index < -0.39 is 0 Å². The summed E-state index contributed by atoms with van der Waals surface area (Å²) in [5.74, 6) is 0. The molecule has 0 aliphatic carbocycles. The van der Waals surface area contributed by atoms with Crippen LogP contribution in [0.25, 0.3) is 0 Å². The first-order valence-electron chi connectivity index (χ1n) is 7.48. The predicted molar refractivity (Wildman–Crippen MR) is 89.0 cm³/mol. The van der Waals surface area contributed by atoms with Crippen molar-refractivity contribution in [2.24, 2.45) is 7.05 Å². The van der Waals surface area contributed by atoms with Gasteiger partial charge in [0.15, 0.2) is 0 Å². The summed E-state index contributed by atoms with van der Waals surface area (Å²) in [6.07, 6.45) is 1.90. The van der Waals surface area contributed by atoms with Gasteiger partial charge in [-0.05, 0) is 38.8 Å². The third-order valence-corrected chi connectivity index (χ3v) is 4.25. The second kappa shape index (κ2) is 7.10. The van der Waals surface area contributed by atoms with Crippen LogP contribution in [0.15, 0.2) is 24.3 Å². The Hall–Kier alpha value is -1.32. The summed E-state index contributed by atoms with van der Waals surface area (Å²) in [6, 6.07) is 9.07. The third kappa shape index (κ3) is 4.08. The molecule has 0 saturated heterocycles. The number of hydrogen-bond donors (Lipinski definition) is 1. The van der Waals surface area contributed by atoms with Crippen LogP contribution >= 0.6 is 11.6 Å². The lowest BCUT2D eigenvalue weighted by molar-refractivity contribution is 0.520. The maximum atomic E-state index is 6.36. The van der Waals surface area contributed by atoms with Crippen LogP contribution in [0.4, 0.5) is 0 Å². The second-order valence-corrected chi connectivity index (χ2v) is 5.99. The van der Waals surface area contributed by atoms with E-state index in [1.807, 2.05) is 14.0 Å². The number of hydrogen-bond acceptors (Lipinski definition) is 2. The van der Waals surface area contributed by atoms with Gasteiger partial charge < -0.3 is 5.32 Å². The summed E-state index contributed by atoms with van der Waals surface area (Å²) in [4.78, 5) is 0. The van der Waals surface area contributed by atoms with Gasteiger partial charge in [-0.15, -0.1) is 0 Å². The molecule has 0 amide bonds. The molecule has 0 spiro atoms. The lowest BCUT2D eigenvalue weighted by Gasteiger charge is -2.18. The topological polar surface area (TPSA) is 29.9 Å². The highest BCUT2D eigenvalue weighted by Gasteiger charge is 2.17. The van der Waals surface area contributed by atoms with Gasteiger partial charge >= 0.3 is 0 Å². The largest absolute Gasteiger partial charge is 0.314 e. The van der Waals surface area contributed by atoms with E-state index in [0.717, 1.165) is 35.8 Å². The Morgan fingerprint density at radius 1 is 1.29 bits per heavy atom. The van der Waals surface area contributed by atoms with Crippen LogP contribution in [-0.2, 0) is 19.9 Å². The molecule has 2 rings (SSSR count). The molecular weight excluding hydrogens is 282 g/mol. The van der Waals surface area contributed by atoms with Crippen LogP contribution in [-0.4, -0.2) is 22.4 Å². The highest BCUT2D eigenvalue weighted by atomic mass is 35.5. The first kappa shape index (κ1) is 16.1. The molecule has 1 N–H and O–H groups in total. The van der Waals surface area contributed by atoms with Gasteiger partial charge in [-0.25, -0.2) is 0 Å². The SMILES string of the molecule is CCNC(Cc1cccc(C)c1)Cc1c(C)nn(C)c1Cl. The fourth-order valence-corrected chi connectivity index (χ4v) is 3.03. The van der Waals surface area contributed by atoms with E-state index in [0.29, 0.717) is 6.04 Å². The number of nitrogens with one attached hydrogen (secondary N) is 1. The molecule has 0 saturated carbocycles. The van der Waals surface area contributed by atoms with Crippen molar-refractivity contribution in [1.82, 2.24) is 15.1 Å². The number of rotatable bonds is 6. The van der Waals surface area contributed by atoms with E-state index >= 15 is 0 Å². The molecule has 1 aromatic heterocycles. The van der Waals surface area contributed by atoms with Crippen molar-refractivity contribution in [3.63, 3.8) is 0 Å². The molecule has 0 fully saturated rings. The molecule has 0 radical (unpaired) electrons. The van der Waals surface area contributed by atoms with Gasteiger partial charge in [0.25, 0.3) is 0 Å². The van der Waals surface area contributed by atoms with Crippen molar-refractivity contribution in [2.75, 3.05) is 6.54 Å². The molecule has 4 heteroatoms. The number of benzene rings is 1. The number of nitrogens with zero attached hydrogens (tertiary/aromatic N) is 2. The zero-order valence-electron chi connectivity index (χ0n) is 13.3. The summed E-state index contributed by atoms with van der Waals surface area (Å²) in [5.41, 5.74) is 4.84. The molecule has 1 atom stereocenters. The quantitative estimate of drug-likeness (QED) is 0.886. The number of aryl methyl sites for hydroxylation is 3. The summed E-state index contributed by atoms with van der Waals surface area (Å²) in [6.45, 7) is 7.25. The molecule has 1 aromatic carbocycles. The Balaban J connectivity index is 2.15. The van der Waals surface area contributed by atoms with Gasteiger partial charge in [-0.3, -0.25) is 4.68 Å². The number of halogens is 1. The van der Waals surface area contributed by atoms with Crippen molar-refractivity contribution < 1.29 is 0 Å². The summed E-state index contributed by atoms with van der Waals surface area (Å²) in [5, 5.41) is 8.72. The first-order valence-corrected chi connectivity index (χ1v) is 7.86. The monoisotopic (exact) mass is 305 g/mol. The normalized spacial score (nSPS) is 12.6. The van der Waals surface area contributed by atoms with E-state index in [1.54, 1.807) is 4.68 Å². The van der Waals surface area contributed by atoms with Gasteiger partial charge in [0.2, 0.25) is 0 Å². The molecular formula is C17H24ClN3. The van der Waals surface area contributed by atoms with Crippen LogP contribution in [0.5, 0.6) is 0 Å². The first-order chi connectivity index (χ1) is 10.0. The Morgan fingerprint density at radius 3 is 2.62 bits per heavy atom. The van der Waals surface area contributed by atoms with Gasteiger partial charge in [0, 0.05) is 18.7 Å². The molecule has 21 heavy (non-hydrogen) atoms. The molecule has 1 unspecified atom stereocenters. The van der Waals surface area contributed by atoms with E-state index in [2.05, 4.69) is 48.5 Å². The van der Waals surface area contributed by atoms with Crippen LogP contribution in [0, 0.1) is 13.8 Å². The number of aromatic nitrogens is 2. The average molecular weight is 306 g/mol. The minimum Gasteiger partial charge on any atom is -0.314 e. The van der Waals surface area contributed by atoms with E-state index in [-0.39, 0.29) is 0 Å². The molecule has 3 nitrogen and oxygen atoms in total. The molecule has 0 aliphatic heterocycles. The Bertz CT molecular complexity index is 604. The van der Waals surface area contributed by atoms with Crippen LogP contribution in [0.2, 0.25) is 5.15 Å². The molecule has 2 aromatic rings. The van der Waals surface area contributed by atoms with Gasteiger partial charge in [0.1, 0.15) is 5.15 Å². The van der Waals surface area contributed by atoms with Gasteiger partial charge in [-0.2, -0.15) is 5.10 Å². The number of likely N-dealkylation sites (N-methyl/N-ethyl adjacent to an activating group) is 1. The third-order valence-electron chi connectivity index (χ3n) is 3.78. The molecule has 1 heterocycles. The van der Waals surface area contributed by atoms with E-state index in [4.69, 9.17) is 11.6 Å². The molecule has 0 bridgehead atoms. The van der Waals surface area contributed by atoms with Crippen LogP contribution in [0.1, 0.15) is 29.3 Å². The fourth-order valence-electron chi connectivity index (χ4n) is 2.78.